The molecule has 1 fully saturated rings. The van der Waals surface area contributed by atoms with Crippen molar-refractivity contribution in [2.24, 2.45) is 0 Å². The van der Waals surface area contributed by atoms with E-state index in [1.165, 1.54) is 17.0 Å². The summed E-state index contributed by atoms with van der Waals surface area (Å²) >= 11 is 5.88. The zero-order valence-electron chi connectivity index (χ0n) is 15.9. The summed E-state index contributed by atoms with van der Waals surface area (Å²) in [6, 6.07) is 9.35. The second-order valence-corrected chi connectivity index (χ2v) is 7.73. The molecule has 2 heterocycles. The highest BCUT2D eigenvalue weighted by atomic mass is 35.5. The number of aliphatic hydroxyl groups is 1. The van der Waals surface area contributed by atoms with Crippen molar-refractivity contribution in [2.75, 3.05) is 16.8 Å². The first-order chi connectivity index (χ1) is 14.3. The Kier molecular flexibility index (Phi) is 5.21. The maximum atomic E-state index is 13.5. The quantitative estimate of drug-likeness (QED) is 0.646. The van der Waals surface area contributed by atoms with E-state index in [0.717, 1.165) is 5.56 Å². The monoisotopic (exact) mass is 431 g/mol. The molecule has 1 unspecified atom stereocenters. The van der Waals surface area contributed by atoms with E-state index in [0.29, 0.717) is 29.8 Å². The first-order valence-corrected chi connectivity index (χ1v) is 9.86. The lowest BCUT2D eigenvalue weighted by Gasteiger charge is -2.24. The van der Waals surface area contributed by atoms with Crippen molar-refractivity contribution in [2.45, 2.75) is 31.4 Å². The number of rotatable bonds is 4. The van der Waals surface area contributed by atoms with E-state index in [1.54, 1.807) is 24.3 Å². The lowest BCUT2D eigenvalue weighted by molar-refractivity contribution is -0.149. The Bertz CT molecular complexity index is 1060. The summed E-state index contributed by atoms with van der Waals surface area (Å²) in [5, 5.41) is 15.9. The fourth-order valence-corrected chi connectivity index (χ4v) is 3.90. The molecular weight excluding hydrogens is 413 g/mol. The van der Waals surface area contributed by atoms with Crippen molar-refractivity contribution in [3.63, 3.8) is 0 Å². The van der Waals surface area contributed by atoms with Gasteiger partial charge in [0, 0.05) is 37.3 Å². The molecule has 0 radical (unpaired) electrons. The van der Waals surface area contributed by atoms with Crippen molar-refractivity contribution >= 4 is 40.7 Å². The molecule has 9 heteroatoms. The molecule has 3 amide bonds. The number of hydrogen-bond acceptors (Lipinski definition) is 4. The van der Waals surface area contributed by atoms with Crippen LogP contribution in [-0.2, 0) is 27.3 Å². The molecule has 1 atom stereocenters. The summed E-state index contributed by atoms with van der Waals surface area (Å²) in [6.07, 6.45) is 0.831. The van der Waals surface area contributed by atoms with E-state index < -0.39 is 23.2 Å². The van der Waals surface area contributed by atoms with Crippen LogP contribution in [-0.4, -0.2) is 35.0 Å². The number of carbonyl (C=O) groups is 3. The summed E-state index contributed by atoms with van der Waals surface area (Å²) < 4.78 is 13.5. The molecule has 0 spiro atoms. The minimum atomic E-state index is -2.22. The maximum absolute atomic E-state index is 13.5. The lowest BCUT2D eigenvalue weighted by atomic mass is 10.0. The first kappa shape index (κ1) is 20.3. The molecule has 1 saturated heterocycles. The third-order valence-corrected chi connectivity index (χ3v) is 5.86. The van der Waals surface area contributed by atoms with Gasteiger partial charge in [0.05, 0.1) is 5.02 Å². The Hall–Kier alpha value is -2.97. The van der Waals surface area contributed by atoms with Crippen LogP contribution in [0, 0.1) is 5.82 Å². The SMILES string of the molecule is O=C1CCc2cc(N3CCC(O)(C(=O)NCc4cccc(F)c4Cl)C3=O)ccc2N1. The largest absolute Gasteiger partial charge is 0.372 e. The van der Waals surface area contributed by atoms with Gasteiger partial charge >= 0.3 is 0 Å². The zero-order valence-corrected chi connectivity index (χ0v) is 16.6. The second kappa shape index (κ2) is 7.70. The van der Waals surface area contributed by atoms with Gasteiger partial charge < -0.3 is 20.6 Å². The molecule has 7 nitrogen and oxygen atoms in total. The number of carbonyl (C=O) groups excluding carboxylic acids is 3. The molecule has 30 heavy (non-hydrogen) atoms. The van der Waals surface area contributed by atoms with Crippen LogP contribution in [0.3, 0.4) is 0 Å². The number of nitrogens with zero attached hydrogens (tertiary/aromatic N) is 1. The van der Waals surface area contributed by atoms with Crippen LogP contribution >= 0.6 is 11.6 Å². The molecule has 156 valence electrons. The minimum absolute atomic E-state index is 0.0584. The Morgan fingerprint density at radius 2 is 2.07 bits per heavy atom. The normalized spacial score (nSPS) is 20.7. The standard InChI is InChI=1S/C21H19ClFN3O4/c22-18-13(2-1-3-15(18)23)11-24-19(28)21(30)8-9-26(20(21)29)14-5-6-16-12(10-14)4-7-17(27)25-16/h1-3,5-6,10,30H,4,7-9,11H2,(H,24,28)(H,25,27). The van der Waals surface area contributed by atoms with E-state index in [4.69, 9.17) is 11.6 Å². The van der Waals surface area contributed by atoms with E-state index in [1.807, 2.05) is 0 Å². The molecule has 2 aromatic carbocycles. The van der Waals surface area contributed by atoms with Crippen LogP contribution in [0.5, 0.6) is 0 Å². The predicted octanol–water partition coefficient (Wildman–Crippen LogP) is 2.15. The second-order valence-electron chi connectivity index (χ2n) is 7.35. The number of anilines is 2. The van der Waals surface area contributed by atoms with E-state index >= 15 is 0 Å². The minimum Gasteiger partial charge on any atom is -0.372 e. The molecule has 0 saturated carbocycles. The number of halogens is 2. The zero-order chi connectivity index (χ0) is 21.5. The van der Waals surface area contributed by atoms with Crippen LogP contribution in [0.2, 0.25) is 5.02 Å². The number of fused-ring (bicyclic) bond motifs is 1. The molecule has 3 N–H and O–H groups in total. The Morgan fingerprint density at radius 1 is 1.27 bits per heavy atom. The average Bonchev–Trinajstić information content (AvgIpc) is 3.04. The van der Waals surface area contributed by atoms with Crippen LogP contribution in [0.15, 0.2) is 36.4 Å². The van der Waals surface area contributed by atoms with Crippen molar-refractivity contribution in [1.29, 1.82) is 0 Å². The predicted molar refractivity (Wildman–Crippen MR) is 109 cm³/mol. The lowest BCUT2D eigenvalue weighted by Crippen LogP contribution is -2.52. The van der Waals surface area contributed by atoms with Crippen molar-refractivity contribution < 1.29 is 23.9 Å². The highest BCUT2D eigenvalue weighted by molar-refractivity contribution is 6.31. The Labute approximate surface area is 176 Å². The maximum Gasteiger partial charge on any atom is 0.268 e. The van der Waals surface area contributed by atoms with Crippen LogP contribution in [0.25, 0.3) is 0 Å². The Balaban J connectivity index is 1.48. The van der Waals surface area contributed by atoms with Crippen molar-refractivity contribution in [1.82, 2.24) is 5.32 Å². The van der Waals surface area contributed by atoms with Gasteiger partial charge in [0.2, 0.25) is 11.5 Å². The van der Waals surface area contributed by atoms with Gasteiger partial charge in [-0.3, -0.25) is 14.4 Å². The number of nitrogens with one attached hydrogen (secondary N) is 2. The number of amides is 3. The summed E-state index contributed by atoms with van der Waals surface area (Å²) in [5.41, 5.74) is 0.255. The number of benzene rings is 2. The number of hydrogen-bond donors (Lipinski definition) is 3. The molecule has 4 rings (SSSR count). The van der Waals surface area contributed by atoms with Crippen molar-refractivity contribution in [3.05, 3.63) is 58.4 Å². The molecule has 0 bridgehead atoms. The summed E-state index contributed by atoms with van der Waals surface area (Å²) in [6.45, 7) is 0.0399. The van der Waals surface area contributed by atoms with Gasteiger partial charge in [0.25, 0.3) is 11.8 Å². The summed E-state index contributed by atoms with van der Waals surface area (Å²) in [5.74, 6) is -2.27. The topological polar surface area (TPSA) is 98.7 Å². The third kappa shape index (κ3) is 3.53. The van der Waals surface area contributed by atoms with Gasteiger partial charge in [-0.2, -0.15) is 0 Å². The van der Waals surface area contributed by atoms with Gasteiger partial charge in [0.1, 0.15) is 5.82 Å². The fraction of sp³-hybridized carbons (Fsp3) is 0.286. The Morgan fingerprint density at radius 3 is 2.87 bits per heavy atom. The smallest absolute Gasteiger partial charge is 0.268 e. The molecule has 2 aliphatic rings. The average molecular weight is 432 g/mol. The summed E-state index contributed by atoms with van der Waals surface area (Å²) in [7, 11) is 0. The van der Waals surface area contributed by atoms with Crippen molar-refractivity contribution in [3.8, 4) is 0 Å². The van der Waals surface area contributed by atoms with E-state index in [2.05, 4.69) is 10.6 Å². The highest BCUT2D eigenvalue weighted by Gasteiger charge is 2.51. The molecule has 2 aromatic rings. The van der Waals surface area contributed by atoms with Gasteiger partial charge in [-0.1, -0.05) is 23.7 Å². The number of aryl methyl sites for hydroxylation is 1. The molecule has 0 aliphatic carbocycles. The van der Waals surface area contributed by atoms with Gasteiger partial charge in [-0.25, -0.2) is 4.39 Å². The van der Waals surface area contributed by atoms with E-state index in [9.17, 15) is 23.9 Å². The van der Waals surface area contributed by atoms with Gasteiger partial charge in [0.15, 0.2) is 0 Å². The van der Waals surface area contributed by atoms with Crippen LogP contribution in [0.4, 0.5) is 15.8 Å². The molecular formula is C21H19ClFN3O4. The van der Waals surface area contributed by atoms with Crippen LogP contribution < -0.4 is 15.5 Å². The molecule has 2 aliphatic heterocycles. The first-order valence-electron chi connectivity index (χ1n) is 9.48. The van der Waals surface area contributed by atoms with Crippen LogP contribution in [0.1, 0.15) is 24.0 Å². The van der Waals surface area contributed by atoms with Gasteiger partial charge in [-0.15, -0.1) is 0 Å². The van der Waals surface area contributed by atoms with E-state index in [-0.39, 0.29) is 30.4 Å². The fourth-order valence-electron chi connectivity index (χ4n) is 3.71. The summed E-state index contributed by atoms with van der Waals surface area (Å²) in [4.78, 5) is 38.3. The van der Waals surface area contributed by atoms with Gasteiger partial charge in [-0.05, 0) is 41.8 Å². The molecule has 0 aromatic heterocycles. The highest BCUT2D eigenvalue weighted by Crippen LogP contribution is 2.33. The third-order valence-electron chi connectivity index (χ3n) is 5.44.